The van der Waals surface area contributed by atoms with Crippen molar-refractivity contribution in [1.82, 2.24) is 8.87 Å². The zero-order valence-electron chi connectivity index (χ0n) is 18.6. The fraction of sp³-hybridized carbons (Fsp3) is 0.375. The molecule has 176 valence electrons. The number of sulfonamides is 1. The Morgan fingerprint density at radius 2 is 1.82 bits per heavy atom. The molecular formula is C24H27ClN2O4S2. The highest BCUT2D eigenvalue weighted by molar-refractivity contribution is 7.99. The standard InChI is InChI=1S/C24H27ClN2O4S2/c1-16(2)32-19-4-6-20(7-5-19)33(30,31)27-11-9-17(10-12-27)22-14-26(15-24(28)29)23-8-3-18(25)13-21(22)23/h3-8,13-14,16-17H,9-12,15H2,1-2H3,(H,28,29). The smallest absolute Gasteiger partial charge is 0.323 e. The molecule has 0 amide bonds. The second-order valence-corrected chi connectivity index (χ2v) is 12.6. The molecule has 2 aromatic carbocycles. The second-order valence-electron chi connectivity index (χ2n) is 8.58. The van der Waals surface area contributed by atoms with Crippen molar-refractivity contribution in [2.24, 2.45) is 0 Å². The van der Waals surface area contributed by atoms with Gasteiger partial charge in [0.2, 0.25) is 10.0 Å². The summed E-state index contributed by atoms with van der Waals surface area (Å²) in [4.78, 5) is 12.7. The zero-order chi connectivity index (χ0) is 23.8. The Balaban J connectivity index is 1.52. The first-order chi connectivity index (χ1) is 15.6. The molecule has 0 unspecified atom stereocenters. The molecular weight excluding hydrogens is 480 g/mol. The molecule has 33 heavy (non-hydrogen) atoms. The van der Waals surface area contributed by atoms with Crippen LogP contribution in [0.25, 0.3) is 10.9 Å². The third kappa shape index (κ3) is 5.24. The Labute approximate surface area is 203 Å². The number of hydrogen-bond donors (Lipinski definition) is 1. The first-order valence-electron chi connectivity index (χ1n) is 10.9. The maximum absolute atomic E-state index is 13.2. The van der Waals surface area contributed by atoms with Crippen LogP contribution in [0.4, 0.5) is 0 Å². The van der Waals surface area contributed by atoms with Crippen LogP contribution in [0, 0.1) is 0 Å². The number of piperidine rings is 1. The minimum absolute atomic E-state index is 0.129. The van der Waals surface area contributed by atoms with Gasteiger partial charge in [0.25, 0.3) is 0 Å². The Morgan fingerprint density at radius 3 is 2.42 bits per heavy atom. The van der Waals surface area contributed by atoms with Crippen LogP contribution < -0.4 is 0 Å². The number of carboxylic acid groups (broad SMARTS) is 1. The van der Waals surface area contributed by atoms with E-state index in [1.54, 1.807) is 38.8 Å². The van der Waals surface area contributed by atoms with Crippen LogP contribution in [-0.4, -0.2) is 46.7 Å². The first-order valence-corrected chi connectivity index (χ1v) is 13.6. The van der Waals surface area contributed by atoms with E-state index in [-0.39, 0.29) is 12.5 Å². The van der Waals surface area contributed by atoms with Crippen molar-refractivity contribution in [2.75, 3.05) is 13.1 Å². The Bertz CT molecular complexity index is 1260. The van der Waals surface area contributed by atoms with Crippen molar-refractivity contribution in [2.45, 2.75) is 54.2 Å². The van der Waals surface area contributed by atoms with Crippen LogP contribution in [0.5, 0.6) is 0 Å². The fourth-order valence-corrected chi connectivity index (χ4v) is 6.90. The topological polar surface area (TPSA) is 79.6 Å². The molecule has 6 nitrogen and oxygen atoms in total. The Morgan fingerprint density at radius 1 is 1.15 bits per heavy atom. The number of aliphatic carboxylic acids is 1. The minimum Gasteiger partial charge on any atom is -0.480 e. The van der Waals surface area contributed by atoms with Gasteiger partial charge in [0.15, 0.2) is 0 Å². The summed E-state index contributed by atoms with van der Waals surface area (Å²) >= 11 is 7.92. The van der Waals surface area contributed by atoms with Crippen molar-refractivity contribution in [3.05, 3.63) is 59.2 Å². The predicted octanol–water partition coefficient (Wildman–Crippen LogP) is 5.45. The number of hydrogen-bond acceptors (Lipinski definition) is 4. The van der Waals surface area contributed by atoms with Crippen molar-refractivity contribution in [3.8, 4) is 0 Å². The SMILES string of the molecule is CC(C)Sc1ccc(S(=O)(=O)N2CCC(c3cn(CC(=O)O)c4ccc(Cl)cc34)CC2)cc1. The summed E-state index contributed by atoms with van der Waals surface area (Å²) in [5.41, 5.74) is 1.85. The van der Waals surface area contributed by atoms with Crippen LogP contribution >= 0.6 is 23.4 Å². The van der Waals surface area contributed by atoms with E-state index in [0.29, 0.717) is 41.1 Å². The average molecular weight is 507 g/mol. The number of nitrogens with zero attached hydrogens (tertiary/aromatic N) is 2. The van der Waals surface area contributed by atoms with E-state index in [0.717, 1.165) is 21.4 Å². The number of benzene rings is 2. The second kappa shape index (κ2) is 9.70. The van der Waals surface area contributed by atoms with Gasteiger partial charge in [-0.1, -0.05) is 25.4 Å². The van der Waals surface area contributed by atoms with Gasteiger partial charge >= 0.3 is 5.97 Å². The van der Waals surface area contributed by atoms with Crippen molar-refractivity contribution in [1.29, 1.82) is 0 Å². The molecule has 9 heteroatoms. The third-order valence-electron chi connectivity index (χ3n) is 5.91. The molecule has 0 atom stereocenters. The molecule has 0 saturated carbocycles. The summed E-state index contributed by atoms with van der Waals surface area (Å²) in [6, 6.07) is 12.6. The largest absolute Gasteiger partial charge is 0.480 e. The highest BCUT2D eigenvalue weighted by Crippen LogP contribution is 2.37. The van der Waals surface area contributed by atoms with Crippen molar-refractivity contribution in [3.63, 3.8) is 0 Å². The fourth-order valence-electron chi connectivity index (χ4n) is 4.42. The highest BCUT2D eigenvalue weighted by Gasteiger charge is 2.31. The molecule has 1 aromatic heterocycles. The molecule has 0 radical (unpaired) electrons. The molecule has 3 aromatic rings. The maximum Gasteiger partial charge on any atom is 0.323 e. The number of rotatable bonds is 7. The lowest BCUT2D eigenvalue weighted by Gasteiger charge is -2.31. The van der Waals surface area contributed by atoms with E-state index in [1.165, 1.54) is 0 Å². The van der Waals surface area contributed by atoms with Gasteiger partial charge in [-0.05, 0) is 66.8 Å². The van der Waals surface area contributed by atoms with Crippen molar-refractivity contribution >= 4 is 50.3 Å². The molecule has 0 bridgehead atoms. The zero-order valence-corrected chi connectivity index (χ0v) is 21.0. The summed E-state index contributed by atoms with van der Waals surface area (Å²) < 4.78 is 29.6. The number of fused-ring (bicyclic) bond motifs is 1. The van der Waals surface area contributed by atoms with Crippen LogP contribution in [0.2, 0.25) is 5.02 Å². The van der Waals surface area contributed by atoms with Crippen LogP contribution in [-0.2, 0) is 21.4 Å². The summed E-state index contributed by atoms with van der Waals surface area (Å²) in [6.07, 6.45) is 3.22. The van der Waals surface area contributed by atoms with Crippen LogP contribution in [0.1, 0.15) is 38.2 Å². The lowest BCUT2D eigenvalue weighted by Crippen LogP contribution is -2.37. The van der Waals surface area contributed by atoms with Gasteiger partial charge in [-0.3, -0.25) is 4.79 Å². The minimum atomic E-state index is -3.55. The molecule has 1 aliphatic heterocycles. The van der Waals surface area contributed by atoms with Gasteiger partial charge in [-0.25, -0.2) is 8.42 Å². The summed E-state index contributed by atoms with van der Waals surface area (Å²) in [7, 11) is -3.55. The molecule has 0 spiro atoms. The van der Waals surface area contributed by atoms with Gasteiger partial charge in [0.05, 0.1) is 4.90 Å². The quantitative estimate of drug-likeness (QED) is 0.431. The molecule has 0 aliphatic carbocycles. The van der Waals surface area contributed by atoms with Gasteiger partial charge in [0.1, 0.15) is 6.54 Å². The molecule has 1 N–H and O–H groups in total. The maximum atomic E-state index is 13.2. The normalized spacial score (nSPS) is 16.0. The lowest BCUT2D eigenvalue weighted by atomic mass is 9.90. The van der Waals surface area contributed by atoms with E-state index in [4.69, 9.17) is 11.6 Å². The number of carboxylic acids is 1. The first kappa shape index (κ1) is 24.1. The van der Waals surface area contributed by atoms with E-state index >= 15 is 0 Å². The Hall–Kier alpha value is -2.00. The van der Waals surface area contributed by atoms with E-state index in [9.17, 15) is 18.3 Å². The van der Waals surface area contributed by atoms with E-state index in [1.807, 2.05) is 30.5 Å². The van der Waals surface area contributed by atoms with E-state index in [2.05, 4.69) is 13.8 Å². The van der Waals surface area contributed by atoms with E-state index < -0.39 is 16.0 Å². The van der Waals surface area contributed by atoms with Gasteiger partial charge < -0.3 is 9.67 Å². The molecule has 1 saturated heterocycles. The summed E-state index contributed by atoms with van der Waals surface area (Å²) in [5, 5.41) is 11.2. The highest BCUT2D eigenvalue weighted by atomic mass is 35.5. The van der Waals surface area contributed by atoms with Gasteiger partial charge in [-0.15, -0.1) is 11.8 Å². The number of carbonyl (C=O) groups is 1. The van der Waals surface area contributed by atoms with Gasteiger partial charge in [0, 0.05) is 45.4 Å². The molecule has 4 rings (SSSR count). The number of thioether (sulfide) groups is 1. The number of aromatic nitrogens is 1. The predicted molar refractivity (Wildman–Crippen MR) is 133 cm³/mol. The van der Waals surface area contributed by atoms with Crippen LogP contribution in [0.3, 0.4) is 0 Å². The average Bonchev–Trinajstić information content (AvgIpc) is 3.10. The van der Waals surface area contributed by atoms with Crippen molar-refractivity contribution < 1.29 is 18.3 Å². The van der Waals surface area contributed by atoms with Gasteiger partial charge in [-0.2, -0.15) is 4.31 Å². The molecule has 1 aliphatic rings. The Kier molecular flexibility index (Phi) is 7.09. The molecule has 1 fully saturated rings. The monoisotopic (exact) mass is 506 g/mol. The summed E-state index contributed by atoms with van der Waals surface area (Å²) in [5.74, 6) is -0.774. The third-order valence-corrected chi connectivity index (χ3v) is 9.07. The number of halogens is 1. The van der Waals surface area contributed by atoms with Crippen LogP contribution in [0.15, 0.2) is 58.5 Å². The molecule has 2 heterocycles. The summed E-state index contributed by atoms with van der Waals surface area (Å²) in [6.45, 7) is 4.92. The lowest BCUT2D eigenvalue weighted by molar-refractivity contribution is -0.137.